The number of hydrogen-bond acceptors (Lipinski definition) is 9. The molecular weight excluding hydrogens is 595 g/mol. The van der Waals surface area contributed by atoms with E-state index in [1.165, 1.54) is 18.6 Å². The third-order valence-electron chi connectivity index (χ3n) is 6.45. The maximum atomic E-state index is 15.6. The standard InChI is InChI=1S/C25H23F5N4O5S2/c1-12-11-31-13(2)18-10-17(33-34(12)18)22-21(20-16(27)8-14(26)9-19(20)38-6-5-37-3)23-15(4-7-40-23)24(32-22)39-41(35,36)25(28,29)30/h4,7-10,12-13,31H,5-6,11H2,1-3H3/t12-,13-/m0/s1. The van der Waals surface area contributed by atoms with Crippen LogP contribution in [-0.2, 0) is 14.9 Å². The van der Waals surface area contributed by atoms with E-state index in [0.29, 0.717) is 18.3 Å². The molecule has 1 aromatic carbocycles. The Bertz CT molecular complexity index is 1690. The molecule has 0 fully saturated rings. The lowest BCUT2D eigenvalue weighted by molar-refractivity contribution is -0.0500. The summed E-state index contributed by atoms with van der Waals surface area (Å²) in [6.45, 7) is 4.36. The number of methoxy groups -OCH3 is 1. The molecule has 1 aliphatic rings. The molecule has 0 saturated heterocycles. The average molecular weight is 619 g/mol. The first-order valence-electron chi connectivity index (χ1n) is 12.2. The number of fused-ring (bicyclic) bond motifs is 2. The van der Waals surface area contributed by atoms with E-state index in [4.69, 9.17) is 9.47 Å². The first-order valence-corrected chi connectivity index (χ1v) is 14.5. The van der Waals surface area contributed by atoms with Crippen LogP contribution in [0.15, 0.2) is 29.6 Å². The van der Waals surface area contributed by atoms with Crippen molar-refractivity contribution in [2.24, 2.45) is 0 Å². The topological polar surface area (TPSA) is 105 Å². The van der Waals surface area contributed by atoms with Crippen LogP contribution in [0.25, 0.3) is 32.6 Å². The fourth-order valence-electron chi connectivity index (χ4n) is 4.51. The predicted molar refractivity (Wildman–Crippen MR) is 140 cm³/mol. The van der Waals surface area contributed by atoms with Gasteiger partial charge in [-0.1, -0.05) is 0 Å². The van der Waals surface area contributed by atoms with Gasteiger partial charge >= 0.3 is 15.6 Å². The second-order valence-corrected chi connectivity index (χ2v) is 11.7. The van der Waals surface area contributed by atoms with Gasteiger partial charge in [-0.2, -0.15) is 26.7 Å². The molecule has 0 amide bonds. The van der Waals surface area contributed by atoms with Gasteiger partial charge in [0.25, 0.3) is 0 Å². The molecule has 4 heterocycles. The van der Waals surface area contributed by atoms with E-state index in [1.807, 2.05) is 13.8 Å². The van der Waals surface area contributed by atoms with Gasteiger partial charge in [0.2, 0.25) is 5.88 Å². The summed E-state index contributed by atoms with van der Waals surface area (Å²) in [5.74, 6) is -3.06. The molecular formula is C25H23F5N4O5S2. The van der Waals surface area contributed by atoms with Gasteiger partial charge in [-0.15, -0.1) is 11.3 Å². The van der Waals surface area contributed by atoms with Gasteiger partial charge in [-0.25, -0.2) is 13.8 Å². The number of aromatic nitrogens is 3. The van der Waals surface area contributed by atoms with Gasteiger partial charge in [0.05, 0.1) is 34.0 Å². The Morgan fingerprint density at radius 3 is 2.59 bits per heavy atom. The molecule has 0 spiro atoms. The Morgan fingerprint density at radius 1 is 1.15 bits per heavy atom. The summed E-state index contributed by atoms with van der Waals surface area (Å²) in [5, 5.41) is 9.21. The van der Waals surface area contributed by atoms with Crippen molar-refractivity contribution in [3.63, 3.8) is 0 Å². The number of hydrogen-bond donors (Lipinski definition) is 1. The second kappa shape index (κ2) is 10.8. The third kappa shape index (κ3) is 5.36. The smallest absolute Gasteiger partial charge is 0.490 e. The molecule has 16 heteroatoms. The summed E-state index contributed by atoms with van der Waals surface area (Å²) in [6.07, 6.45) is 0. The maximum absolute atomic E-state index is 15.6. The largest absolute Gasteiger partial charge is 0.534 e. The number of thiophene rings is 1. The van der Waals surface area contributed by atoms with Crippen molar-refractivity contribution >= 4 is 31.5 Å². The van der Waals surface area contributed by atoms with Crippen molar-refractivity contribution < 1.29 is 44.0 Å². The molecule has 0 bridgehead atoms. The minimum Gasteiger partial charge on any atom is -0.490 e. The highest BCUT2D eigenvalue weighted by molar-refractivity contribution is 7.88. The number of halogens is 5. The number of nitrogens with one attached hydrogen (secondary N) is 1. The van der Waals surface area contributed by atoms with Crippen molar-refractivity contribution in [3.05, 3.63) is 47.0 Å². The monoisotopic (exact) mass is 618 g/mol. The van der Waals surface area contributed by atoms with Crippen molar-refractivity contribution in [3.8, 4) is 34.1 Å². The Hall–Kier alpha value is -3.34. The molecule has 0 unspecified atom stereocenters. The number of ether oxygens (including phenoxy) is 2. The molecule has 41 heavy (non-hydrogen) atoms. The van der Waals surface area contributed by atoms with Crippen LogP contribution in [0.4, 0.5) is 22.0 Å². The third-order valence-corrected chi connectivity index (χ3v) is 8.32. The van der Waals surface area contributed by atoms with E-state index < -0.39 is 33.1 Å². The fourth-order valence-corrected chi connectivity index (χ4v) is 5.88. The SMILES string of the molecule is COCCOc1cc(F)cc(F)c1-c1c(-c2cc3n(n2)[C@@H](C)CN[C@H]3C)nc(OS(=O)(=O)C(F)(F)F)c2ccsc12. The molecule has 3 aromatic heterocycles. The fraction of sp³-hybridized carbons (Fsp3) is 0.360. The lowest BCUT2D eigenvalue weighted by atomic mass is 9.98. The zero-order valence-electron chi connectivity index (χ0n) is 21.8. The summed E-state index contributed by atoms with van der Waals surface area (Å²) in [6, 6.07) is 4.21. The van der Waals surface area contributed by atoms with Gasteiger partial charge < -0.3 is 19.0 Å². The van der Waals surface area contributed by atoms with E-state index in [1.54, 1.807) is 10.7 Å². The molecule has 4 aromatic rings. The van der Waals surface area contributed by atoms with Gasteiger partial charge in [0.15, 0.2) is 0 Å². The normalized spacial score (nSPS) is 17.6. The lowest BCUT2D eigenvalue weighted by Gasteiger charge is -2.27. The van der Waals surface area contributed by atoms with Crippen LogP contribution >= 0.6 is 11.3 Å². The Kier molecular flexibility index (Phi) is 7.69. The highest BCUT2D eigenvalue weighted by Gasteiger charge is 2.49. The number of nitrogens with zero attached hydrogens (tertiary/aromatic N) is 3. The van der Waals surface area contributed by atoms with Crippen LogP contribution in [-0.4, -0.2) is 55.6 Å². The summed E-state index contributed by atoms with van der Waals surface area (Å²) in [4.78, 5) is 4.18. The molecule has 2 atom stereocenters. The molecule has 0 saturated carbocycles. The van der Waals surface area contributed by atoms with Crippen LogP contribution in [0, 0.1) is 11.6 Å². The number of alkyl halides is 3. The summed E-state index contributed by atoms with van der Waals surface area (Å²) in [7, 11) is -4.69. The first-order chi connectivity index (χ1) is 19.3. The minimum atomic E-state index is -6.11. The van der Waals surface area contributed by atoms with E-state index in [2.05, 4.69) is 19.6 Å². The molecule has 0 radical (unpaired) electrons. The average Bonchev–Trinajstić information content (AvgIpc) is 3.55. The number of pyridine rings is 1. The van der Waals surface area contributed by atoms with Crippen LogP contribution in [0.2, 0.25) is 0 Å². The van der Waals surface area contributed by atoms with Crippen LogP contribution in [0.1, 0.15) is 31.6 Å². The molecule has 5 rings (SSSR count). The van der Waals surface area contributed by atoms with Crippen molar-refractivity contribution in [1.29, 1.82) is 0 Å². The van der Waals surface area contributed by atoms with E-state index in [9.17, 15) is 26.0 Å². The summed E-state index contributed by atoms with van der Waals surface area (Å²) in [5.41, 5.74) is -5.33. The Balaban J connectivity index is 1.83. The quantitative estimate of drug-likeness (QED) is 0.118. The van der Waals surface area contributed by atoms with Crippen LogP contribution in [0.5, 0.6) is 11.6 Å². The van der Waals surface area contributed by atoms with Gasteiger partial charge in [-0.05, 0) is 31.4 Å². The van der Waals surface area contributed by atoms with Crippen molar-refractivity contribution in [1.82, 2.24) is 20.1 Å². The lowest BCUT2D eigenvalue weighted by Crippen LogP contribution is -2.34. The van der Waals surface area contributed by atoms with Gasteiger partial charge in [0.1, 0.15) is 35.4 Å². The summed E-state index contributed by atoms with van der Waals surface area (Å²) < 4.78 is 111. The van der Waals surface area contributed by atoms with Crippen LogP contribution in [0.3, 0.4) is 0 Å². The summed E-state index contributed by atoms with van der Waals surface area (Å²) >= 11 is 0.968. The van der Waals surface area contributed by atoms with Gasteiger partial charge in [0, 0.05) is 37.4 Å². The zero-order chi connectivity index (χ0) is 29.7. The second-order valence-electron chi connectivity index (χ2n) is 9.27. The molecule has 220 valence electrons. The van der Waals surface area contributed by atoms with E-state index >= 15 is 4.39 Å². The maximum Gasteiger partial charge on any atom is 0.534 e. The molecule has 1 N–H and O–H groups in total. The van der Waals surface area contributed by atoms with Gasteiger partial charge in [-0.3, -0.25) is 4.68 Å². The molecule has 9 nitrogen and oxygen atoms in total. The van der Waals surface area contributed by atoms with Crippen molar-refractivity contribution in [2.75, 3.05) is 26.9 Å². The van der Waals surface area contributed by atoms with E-state index in [0.717, 1.165) is 17.4 Å². The zero-order valence-corrected chi connectivity index (χ0v) is 23.4. The Labute approximate surface area is 235 Å². The first kappa shape index (κ1) is 29.2. The minimum absolute atomic E-state index is 0.0142. The van der Waals surface area contributed by atoms with Crippen LogP contribution < -0.4 is 14.2 Å². The molecule has 1 aliphatic heterocycles. The highest BCUT2D eigenvalue weighted by Crippen LogP contribution is 2.47. The number of benzene rings is 1. The van der Waals surface area contributed by atoms with E-state index in [-0.39, 0.29) is 63.6 Å². The highest BCUT2D eigenvalue weighted by atomic mass is 32.2. The predicted octanol–water partition coefficient (Wildman–Crippen LogP) is 5.58. The Morgan fingerprint density at radius 2 is 1.90 bits per heavy atom. The van der Waals surface area contributed by atoms with Crippen molar-refractivity contribution in [2.45, 2.75) is 31.4 Å². The number of rotatable bonds is 8. The molecule has 0 aliphatic carbocycles.